The molecular formula is C24H21F2N3O3. The first kappa shape index (κ1) is 22.6. The number of ether oxygens (including phenoxy) is 1. The summed E-state index contributed by atoms with van der Waals surface area (Å²) in [6.07, 6.45) is 5.85. The van der Waals surface area contributed by atoms with Gasteiger partial charge >= 0.3 is 0 Å². The molecule has 0 unspecified atom stereocenters. The lowest BCUT2D eigenvalue weighted by molar-refractivity contribution is -0.121. The van der Waals surface area contributed by atoms with Crippen molar-refractivity contribution in [2.75, 3.05) is 13.1 Å². The summed E-state index contributed by atoms with van der Waals surface area (Å²) in [5, 5.41) is 5.26. The summed E-state index contributed by atoms with van der Waals surface area (Å²) in [6.45, 7) is 0.438. The Morgan fingerprint density at radius 1 is 1.00 bits per heavy atom. The summed E-state index contributed by atoms with van der Waals surface area (Å²) < 4.78 is 32.8. The van der Waals surface area contributed by atoms with E-state index in [1.54, 1.807) is 30.5 Å². The fraction of sp³-hybridized carbons (Fsp3) is 0.125. The predicted octanol–water partition coefficient (Wildman–Crippen LogP) is 3.64. The second kappa shape index (κ2) is 11.4. The second-order valence-electron chi connectivity index (χ2n) is 6.76. The van der Waals surface area contributed by atoms with Crippen molar-refractivity contribution >= 4 is 17.9 Å². The smallest absolute Gasteiger partial charge is 0.244 e. The minimum Gasteiger partial charge on any atom is -0.453 e. The molecule has 0 saturated carbocycles. The molecule has 2 aromatic carbocycles. The number of halogens is 2. The van der Waals surface area contributed by atoms with Gasteiger partial charge in [0.2, 0.25) is 11.8 Å². The third-order valence-electron chi connectivity index (χ3n) is 4.25. The molecule has 1 heterocycles. The third kappa shape index (κ3) is 7.32. The summed E-state index contributed by atoms with van der Waals surface area (Å²) >= 11 is 0. The first-order valence-electron chi connectivity index (χ1n) is 9.84. The van der Waals surface area contributed by atoms with Gasteiger partial charge in [-0.3, -0.25) is 14.6 Å². The van der Waals surface area contributed by atoms with Crippen LogP contribution < -0.4 is 15.4 Å². The molecule has 8 heteroatoms. The van der Waals surface area contributed by atoms with Crippen LogP contribution in [0.4, 0.5) is 8.78 Å². The summed E-state index contributed by atoms with van der Waals surface area (Å²) in [6, 6.07) is 13.5. The van der Waals surface area contributed by atoms with Crippen molar-refractivity contribution in [3.8, 4) is 11.5 Å². The molecule has 0 aliphatic heterocycles. The molecule has 0 aliphatic carbocycles. The number of benzene rings is 2. The summed E-state index contributed by atoms with van der Waals surface area (Å²) in [4.78, 5) is 27.6. The van der Waals surface area contributed by atoms with Gasteiger partial charge in [0.1, 0.15) is 11.6 Å². The number of hydrogen-bond acceptors (Lipinski definition) is 4. The maximum absolute atomic E-state index is 14.2. The topological polar surface area (TPSA) is 80.3 Å². The van der Waals surface area contributed by atoms with Gasteiger partial charge in [0.05, 0.1) is 12.6 Å². The fourth-order valence-corrected chi connectivity index (χ4v) is 2.75. The Labute approximate surface area is 183 Å². The Hall–Kier alpha value is -4.07. The van der Waals surface area contributed by atoms with Crippen molar-refractivity contribution in [1.82, 2.24) is 15.6 Å². The molecule has 0 saturated heterocycles. The van der Waals surface area contributed by atoms with E-state index in [1.807, 2.05) is 0 Å². The molecule has 6 nitrogen and oxygen atoms in total. The summed E-state index contributed by atoms with van der Waals surface area (Å²) in [5.74, 6) is -1.17. The molecule has 0 fully saturated rings. The van der Waals surface area contributed by atoms with Gasteiger partial charge in [0.25, 0.3) is 0 Å². The van der Waals surface area contributed by atoms with Crippen LogP contribution in [-0.4, -0.2) is 29.9 Å². The van der Waals surface area contributed by atoms with Crippen LogP contribution in [0.1, 0.15) is 11.1 Å². The van der Waals surface area contributed by atoms with E-state index in [2.05, 4.69) is 15.6 Å². The zero-order valence-corrected chi connectivity index (χ0v) is 17.1. The number of carbonyl (C=O) groups excluding carboxylic acids is 2. The van der Waals surface area contributed by atoms with Crippen LogP contribution in [0.15, 0.2) is 73.1 Å². The van der Waals surface area contributed by atoms with Crippen molar-refractivity contribution in [1.29, 1.82) is 0 Å². The number of carbonyl (C=O) groups is 2. The van der Waals surface area contributed by atoms with Crippen molar-refractivity contribution in [3.05, 3.63) is 95.8 Å². The van der Waals surface area contributed by atoms with Gasteiger partial charge in [-0.1, -0.05) is 18.2 Å². The maximum atomic E-state index is 14.2. The molecule has 0 aliphatic rings. The van der Waals surface area contributed by atoms with Gasteiger partial charge in [-0.25, -0.2) is 8.78 Å². The summed E-state index contributed by atoms with van der Waals surface area (Å²) in [5.41, 5.74) is 1.05. The van der Waals surface area contributed by atoms with Crippen molar-refractivity contribution in [3.63, 3.8) is 0 Å². The minimum absolute atomic E-state index is 0.0496. The number of amides is 2. The zero-order valence-electron chi connectivity index (χ0n) is 17.1. The van der Waals surface area contributed by atoms with Crippen LogP contribution in [0.25, 0.3) is 6.08 Å². The van der Waals surface area contributed by atoms with E-state index in [4.69, 9.17) is 4.74 Å². The van der Waals surface area contributed by atoms with Crippen LogP contribution in [0.5, 0.6) is 11.5 Å². The molecule has 0 bridgehead atoms. The zero-order chi connectivity index (χ0) is 22.8. The van der Waals surface area contributed by atoms with Crippen LogP contribution in [0, 0.1) is 11.6 Å². The Bertz CT molecular complexity index is 1100. The molecule has 0 radical (unpaired) electrons. The highest BCUT2D eigenvalue weighted by molar-refractivity contribution is 5.91. The van der Waals surface area contributed by atoms with Gasteiger partial charge in [-0.2, -0.15) is 0 Å². The molecule has 32 heavy (non-hydrogen) atoms. The highest BCUT2D eigenvalue weighted by atomic mass is 19.1. The van der Waals surface area contributed by atoms with E-state index in [1.165, 1.54) is 48.7 Å². The highest BCUT2D eigenvalue weighted by Crippen LogP contribution is 2.24. The molecule has 0 spiro atoms. The summed E-state index contributed by atoms with van der Waals surface area (Å²) in [7, 11) is 0. The van der Waals surface area contributed by atoms with Gasteiger partial charge in [-0.05, 0) is 53.6 Å². The average molecular weight is 437 g/mol. The lowest BCUT2D eigenvalue weighted by Crippen LogP contribution is -2.34. The molecule has 2 amide bonds. The second-order valence-corrected chi connectivity index (χ2v) is 6.76. The fourth-order valence-electron chi connectivity index (χ4n) is 2.75. The van der Waals surface area contributed by atoms with Crippen molar-refractivity contribution < 1.29 is 23.1 Å². The molecule has 2 N–H and O–H groups in total. The van der Waals surface area contributed by atoms with Crippen LogP contribution in [0.2, 0.25) is 0 Å². The molecule has 3 aromatic rings. The van der Waals surface area contributed by atoms with Gasteiger partial charge in [-0.15, -0.1) is 0 Å². The lowest BCUT2D eigenvalue weighted by Gasteiger charge is -2.07. The minimum atomic E-state index is -0.572. The number of nitrogens with one attached hydrogen (secondary N) is 2. The molecule has 164 valence electrons. The molecule has 1 aromatic heterocycles. The van der Waals surface area contributed by atoms with E-state index in [0.717, 1.165) is 0 Å². The van der Waals surface area contributed by atoms with Crippen LogP contribution >= 0.6 is 0 Å². The highest BCUT2D eigenvalue weighted by Gasteiger charge is 2.06. The molecule has 3 rings (SSSR count). The monoisotopic (exact) mass is 437 g/mol. The average Bonchev–Trinajstić information content (AvgIpc) is 2.78. The lowest BCUT2D eigenvalue weighted by atomic mass is 10.1. The predicted molar refractivity (Wildman–Crippen MR) is 116 cm³/mol. The number of rotatable bonds is 9. The Balaban J connectivity index is 1.40. The normalized spacial score (nSPS) is 10.7. The maximum Gasteiger partial charge on any atom is 0.244 e. The van der Waals surface area contributed by atoms with E-state index in [0.29, 0.717) is 16.9 Å². The van der Waals surface area contributed by atoms with Gasteiger partial charge in [0, 0.05) is 25.4 Å². The quantitative estimate of drug-likeness (QED) is 0.396. The number of aromatic nitrogens is 1. The van der Waals surface area contributed by atoms with E-state index in [9.17, 15) is 18.4 Å². The number of pyridine rings is 1. The van der Waals surface area contributed by atoms with Gasteiger partial charge in [0.15, 0.2) is 11.6 Å². The third-order valence-corrected chi connectivity index (χ3v) is 4.25. The van der Waals surface area contributed by atoms with E-state index in [-0.39, 0.29) is 37.1 Å². The van der Waals surface area contributed by atoms with Gasteiger partial charge < -0.3 is 15.4 Å². The number of hydrogen-bond donors (Lipinski definition) is 2. The molecule has 0 atom stereocenters. The first-order valence-corrected chi connectivity index (χ1v) is 9.84. The van der Waals surface area contributed by atoms with Crippen molar-refractivity contribution in [2.24, 2.45) is 0 Å². The number of nitrogens with zero attached hydrogens (tertiary/aromatic N) is 1. The Morgan fingerprint density at radius 2 is 1.84 bits per heavy atom. The standard InChI is InChI=1S/C24H21F2N3O3/c25-19-4-1-3-18(13-19)15-24(31)29-12-11-28-23(30)9-7-17-6-8-22(21(26)14-17)32-20-5-2-10-27-16-20/h1-10,13-14,16H,11-12,15H2,(H,28,30)(H,29,31)/b9-7+. The van der Waals surface area contributed by atoms with E-state index >= 15 is 0 Å². The Morgan fingerprint density at radius 3 is 2.59 bits per heavy atom. The Kier molecular flexibility index (Phi) is 8.02. The van der Waals surface area contributed by atoms with Crippen LogP contribution in [-0.2, 0) is 16.0 Å². The molecular weight excluding hydrogens is 416 g/mol. The SMILES string of the molecule is O=C(/C=C/c1ccc(Oc2cccnc2)c(F)c1)NCCNC(=O)Cc1cccc(F)c1. The van der Waals surface area contributed by atoms with E-state index < -0.39 is 11.6 Å². The van der Waals surface area contributed by atoms with Crippen molar-refractivity contribution in [2.45, 2.75) is 6.42 Å². The largest absolute Gasteiger partial charge is 0.453 e. The first-order chi connectivity index (χ1) is 15.5. The van der Waals surface area contributed by atoms with Crippen LogP contribution in [0.3, 0.4) is 0 Å².